The Labute approximate surface area is 103 Å². The third kappa shape index (κ3) is 3.25. The van der Waals surface area contributed by atoms with Crippen LogP contribution in [0.1, 0.15) is 5.56 Å². The lowest BCUT2D eigenvalue weighted by atomic mass is 10.2. The molecule has 17 heavy (non-hydrogen) atoms. The van der Waals surface area contributed by atoms with Crippen molar-refractivity contribution < 1.29 is 4.39 Å². The van der Waals surface area contributed by atoms with E-state index in [4.69, 9.17) is 0 Å². The summed E-state index contributed by atoms with van der Waals surface area (Å²) >= 11 is 1.48. The molecule has 0 saturated carbocycles. The molecule has 1 heterocycles. The zero-order chi connectivity index (χ0) is 12.1. The Morgan fingerprint density at radius 1 is 1.35 bits per heavy atom. The smallest absolute Gasteiger partial charge is 0.123 e. The van der Waals surface area contributed by atoms with Crippen molar-refractivity contribution in [1.29, 1.82) is 0 Å². The van der Waals surface area contributed by atoms with E-state index < -0.39 is 0 Å². The fraction of sp³-hybridized carbons (Fsp3) is 0.167. The number of aromatic nitrogens is 2. The predicted octanol–water partition coefficient (Wildman–Crippen LogP) is 2.49. The molecule has 2 rings (SSSR count). The molecule has 5 heteroatoms. The number of nitrogens with one attached hydrogen (secondary N) is 1. The molecule has 1 N–H and O–H groups in total. The summed E-state index contributed by atoms with van der Waals surface area (Å²) in [6.45, 7) is 0.625. The topological polar surface area (TPSA) is 37.8 Å². The average Bonchev–Trinajstić information content (AvgIpc) is 2.34. The highest BCUT2D eigenvalue weighted by Gasteiger charge is 2.06. The van der Waals surface area contributed by atoms with Gasteiger partial charge in [-0.1, -0.05) is 11.8 Å². The first-order chi connectivity index (χ1) is 8.29. The van der Waals surface area contributed by atoms with Crippen molar-refractivity contribution in [2.75, 3.05) is 7.05 Å². The maximum atomic E-state index is 13.1. The number of benzene rings is 1. The predicted molar refractivity (Wildman–Crippen MR) is 65.3 cm³/mol. The monoisotopic (exact) mass is 249 g/mol. The highest BCUT2D eigenvalue weighted by atomic mass is 32.2. The Hall–Kier alpha value is -1.46. The van der Waals surface area contributed by atoms with Crippen molar-refractivity contribution in [3.63, 3.8) is 0 Å². The van der Waals surface area contributed by atoms with Gasteiger partial charge in [0.2, 0.25) is 0 Å². The van der Waals surface area contributed by atoms with Crippen LogP contribution in [0.4, 0.5) is 4.39 Å². The lowest BCUT2D eigenvalue weighted by molar-refractivity contribution is 0.621. The summed E-state index contributed by atoms with van der Waals surface area (Å²) in [5.41, 5.74) is 0.920. The highest BCUT2D eigenvalue weighted by Crippen LogP contribution is 2.28. The van der Waals surface area contributed by atoms with E-state index in [9.17, 15) is 4.39 Å². The van der Waals surface area contributed by atoms with Crippen molar-refractivity contribution >= 4 is 11.8 Å². The van der Waals surface area contributed by atoms with E-state index in [2.05, 4.69) is 15.3 Å². The minimum absolute atomic E-state index is 0.223. The van der Waals surface area contributed by atoms with E-state index in [0.717, 1.165) is 15.5 Å². The molecular weight excluding hydrogens is 237 g/mol. The van der Waals surface area contributed by atoms with Gasteiger partial charge in [-0.25, -0.2) is 9.37 Å². The molecule has 0 aliphatic rings. The molecule has 0 unspecified atom stereocenters. The SMILES string of the molecule is CNCc1cc(F)ccc1Sc1cnccn1. The van der Waals surface area contributed by atoms with Crippen molar-refractivity contribution in [1.82, 2.24) is 15.3 Å². The Morgan fingerprint density at radius 2 is 2.24 bits per heavy atom. The van der Waals surface area contributed by atoms with Gasteiger partial charge in [0.25, 0.3) is 0 Å². The van der Waals surface area contributed by atoms with Crippen LogP contribution in [-0.4, -0.2) is 17.0 Å². The van der Waals surface area contributed by atoms with Crippen molar-refractivity contribution in [2.45, 2.75) is 16.5 Å². The first kappa shape index (κ1) is 12.0. The van der Waals surface area contributed by atoms with Crippen LogP contribution in [0.5, 0.6) is 0 Å². The summed E-state index contributed by atoms with van der Waals surface area (Å²) in [6, 6.07) is 4.76. The molecule has 0 amide bonds. The molecule has 0 bridgehead atoms. The summed E-state index contributed by atoms with van der Waals surface area (Å²) in [4.78, 5) is 9.17. The molecule has 1 aromatic heterocycles. The molecule has 0 saturated heterocycles. The lowest BCUT2D eigenvalue weighted by Crippen LogP contribution is -2.06. The second kappa shape index (κ2) is 5.75. The van der Waals surface area contributed by atoms with Gasteiger partial charge in [0.05, 0.1) is 6.20 Å². The van der Waals surface area contributed by atoms with E-state index in [-0.39, 0.29) is 5.82 Å². The van der Waals surface area contributed by atoms with E-state index in [1.54, 1.807) is 24.7 Å². The second-order valence-electron chi connectivity index (χ2n) is 3.43. The first-order valence-electron chi connectivity index (χ1n) is 5.16. The summed E-state index contributed by atoms with van der Waals surface area (Å²) in [7, 11) is 1.83. The fourth-order valence-electron chi connectivity index (χ4n) is 1.43. The van der Waals surface area contributed by atoms with Gasteiger partial charge in [0, 0.05) is 23.8 Å². The van der Waals surface area contributed by atoms with Gasteiger partial charge in [-0.15, -0.1) is 0 Å². The van der Waals surface area contributed by atoms with Crippen LogP contribution in [-0.2, 0) is 6.54 Å². The van der Waals surface area contributed by atoms with Crippen LogP contribution in [0.25, 0.3) is 0 Å². The van der Waals surface area contributed by atoms with Crippen LogP contribution in [0.15, 0.2) is 46.7 Å². The van der Waals surface area contributed by atoms with E-state index in [1.165, 1.54) is 23.9 Å². The minimum atomic E-state index is -0.223. The molecule has 0 aliphatic carbocycles. The van der Waals surface area contributed by atoms with Crippen molar-refractivity contribution in [3.8, 4) is 0 Å². The molecule has 0 spiro atoms. The molecule has 0 radical (unpaired) electrons. The molecule has 2 aromatic rings. The Kier molecular flexibility index (Phi) is 4.06. The summed E-state index contributed by atoms with van der Waals surface area (Å²) in [5, 5.41) is 3.82. The van der Waals surface area contributed by atoms with Gasteiger partial charge < -0.3 is 5.32 Å². The normalized spacial score (nSPS) is 10.5. The fourth-order valence-corrected chi connectivity index (χ4v) is 2.28. The molecule has 0 atom stereocenters. The number of hydrogen-bond acceptors (Lipinski definition) is 4. The van der Waals surface area contributed by atoms with Gasteiger partial charge in [-0.3, -0.25) is 4.98 Å². The first-order valence-corrected chi connectivity index (χ1v) is 5.98. The Bertz CT molecular complexity index is 490. The van der Waals surface area contributed by atoms with Crippen LogP contribution in [0.2, 0.25) is 0 Å². The molecule has 88 valence electrons. The van der Waals surface area contributed by atoms with Crippen LogP contribution < -0.4 is 5.32 Å². The Morgan fingerprint density at radius 3 is 2.94 bits per heavy atom. The Balaban J connectivity index is 2.26. The largest absolute Gasteiger partial charge is 0.316 e. The second-order valence-corrected chi connectivity index (χ2v) is 4.49. The summed E-state index contributed by atoms with van der Waals surface area (Å²) in [6.07, 6.45) is 4.96. The zero-order valence-electron chi connectivity index (χ0n) is 9.35. The van der Waals surface area contributed by atoms with Crippen LogP contribution in [0.3, 0.4) is 0 Å². The number of rotatable bonds is 4. The average molecular weight is 249 g/mol. The number of nitrogens with zero attached hydrogens (tertiary/aromatic N) is 2. The van der Waals surface area contributed by atoms with Gasteiger partial charge in [0.1, 0.15) is 10.8 Å². The quantitative estimate of drug-likeness (QED) is 0.903. The third-order valence-corrected chi connectivity index (χ3v) is 3.18. The number of halogens is 1. The standard InChI is InChI=1S/C12H12FN3S/c1-14-7-9-6-10(13)2-3-11(9)17-12-8-15-4-5-16-12/h2-6,8,14H,7H2,1H3. The molecular formula is C12H12FN3S. The molecule has 1 aromatic carbocycles. The number of hydrogen-bond donors (Lipinski definition) is 1. The third-order valence-electron chi connectivity index (χ3n) is 2.14. The highest BCUT2D eigenvalue weighted by molar-refractivity contribution is 7.99. The van der Waals surface area contributed by atoms with Gasteiger partial charge in [-0.05, 0) is 30.8 Å². The van der Waals surface area contributed by atoms with Gasteiger partial charge in [-0.2, -0.15) is 0 Å². The van der Waals surface area contributed by atoms with Crippen molar-refractivity contribution in [2.24, 2.45) is 0 Å². The summed E-state index contributed by atoms with van der Waals surface area (Å²) in [5.74, 6) is -0.223. The zero-order valence-corrected chi connectivity index (χ0v) is 10.2. The maximum absolute atomic E-state index is 13.1. The van der Waals surface area contributed by atoms with Crippen molar-refractivity contribution in [3.05, 3.63) is 48.2 Å². The molecule has 0 fully saturated rings. The lowest BCUT2D eigenvalue weighted by Gasteiger charge is -2.08. The van der Waals surface area contributed by atoms with Gasteiger partial charge >= 0.3 is 0 Å². The van der Waals surface area contributed by atoms with E-state index in [1.807, 2.05) is 7.05 Å². The van der Waals surface area contributed by atoms with E-state index >= 15 is 0 Å². The van der Waals surface area contributed by atoms with Crippen LogP contribution >= 0.6 is 11.8 Å². The molecule has 3 nitrogen and oxygen atoms in total. The summed E-state index contributed by atoms with van der Waals surface area (Å²) < 4.78 is 13.1. The van der Waals surface area contributed by atoms with Crippen LogP contribution in [0, 0.1) is 5.82 Å². The maximum Gasteiger partial charge on any atom is 0.123 e. The molecule has 0 aliphatic heterocycles. The van der Waals surface area contributed by atoms with Gasteiger partial charge in [0.15, 0.2) is 0 Å². The van der Waals surface area contributed by atoms with E-state index in [0.29, 0.717) is 6.54 Å². The minimum Gasteiger partial charge on any atom is -0.316 e.